The summed E-state index contributed by atoms with van der Waals surface area (Å²) in [5, 5.41) is 0. The molecule has 2 N–H and O–H groups in total. The van der Waals surface area contributed by atoms with Gasteiger partial charge in [-0.2, -0.15) is 0 Å². The number of amides is 1. The highest BCUT2D eigenvalue weighted by atomic mass is 16.2. The summed E-state index contributed by atoms with van der Waals surface area (Å²) in [6.45, 7) is 5.94. The van der Waals surface area contributed by atoms with Gasteiger partial charge >= 0.3 is 0 Å². The number of hydrogen-bond acceptors (Lipinski definition) is 2. The minimum Gasteiger partial charge on any atom is -0.341 e. The molecular weight excluding hydrogens is 212 g/mol. The first kappa shape index (κ1) is 12.9. The highest BCUT2D eigenvalue weighted by Crippen LogP contribution is 2.36. The van der Waals surface area contributed by atoms with Crippen LogP contribution in [0.1, 0.15) is 46.0 Å². The molecule has 2 fully saturated rings. The normalized spacial score (nSPS) is 31.2. The van der Waals surface area contributed by atoms with E-state index in [1.807, 2.05) is 18.7 Å². The molecule has 17 heavy (non-hydrogen) atoms. The van der Waals surface area contributed by atoms with Gasteiger partial charge < -0.3 is 10.6 Å². The topological polar surface area (TPSA) is 46.3 Å². The van der Waals surface area contributed by atoms with Crippen molar-refractivity contribution in [2.75, 3.05) is 13.1 Å². The fourth-order valence-corrected chi connectivity index (χ4v) is 3.30. The second-order valence-corrected chi connectivity index (χ2v) is 6.15. The van der Waals surface area contributed by atoms with Crippen molar-refractivity contribution in [1.29, 1.82) is 0 Å². The first-order chi connectivity index (χ1) is 8.09. The van der Waals surface area contributed by atoms with Crippen LogP contribution in [-0.4, -0.2) is 29.9 Å². The SMILES string of the molecule is CC(C)C(N)C(=O)N1CCC2CCCCC2C1. The lowest BCUT2D eigenvalue weighted by Gasteiger charge is -2.42. The third-order valence-electron chi connectivity index (χ3n) is 4.61. The molecule has 3 unspecified atom stereocenters. The third kappa shape index (κ3) is 2.82. The fourth-order valence-electron chi connectivity index (χ4n) is 3.30. The molecule has 0 aromatic rings. The maximum atomic E-state index is 12.2. The van der Waals surface area contributed by atoms with Crippen LogP contribution in [0.25, 0.3) is 0 Å². The number of nitrogens with two attached hydrogens (primary N) is 1. The van der Waals surface area contributed by atoms with Gasteiger partial charge in [0, 0.05) is 13.1 Å². The molecule has 3 nitrogen and oxygen atoms in total. The largest absolute Gasteiger partial charge is 0.341 e. The zero-order valence-electron chi connectivity index (χ0n) is 11.2. The molecule has 98 valence electrons. The minimum atomic E-state index is -0.310. The first-order valence-electron chi connectivity index (χ1n) is 7.14. The molecule has 0 spiro atoms. The Labute approximate surface area is 105 Å². The van der Waals surface area contributed by atoms with E-state index in [1.54, 1.807) is 0 Å². The third-order valence-corrected chi connectivity index (χ3v) is 4.61. The number of fused-ring (bicyclic) bond motifs is 1. The number of hydrogen-bond donors (Lipinski definition) is 1. The molecule has 1 aliphatic heterocycles. The van der Waals surface area contributed by atoms with Crippen LogP contribution in [0.3, 0.4) is 0 Å². The second-order valence-electron chi connectivity index (χ2n) is 6.15. The summed E-state index contributed by atoms with van der Waals surface area (Å²) < 4.78 is 0. The van der Waals surface area contributed by atoms with Crippen LogP contribution in [0.4, 0.5) is 0 Å². The Morgan fingerprint density at radius 2 is 1.82 bits per heavy atom. The van der Waals surface area contributed by atoms with Gasteiger partial charge in [-0.05, 0) is 30.6 Å². The summed E-state index contributed by atoms with van der Waals surface area (Å²) >= 11 is 0. The molecular formula is C14H26N2O. The van der Waals surface area contributed by atoms with E-state index in [4.69, 9.17) is 5.73 Å². The van der Waals surface area contributed by atoms with E-state index in [2.05, 4.69) is 0 Å². The monoisotopic (exact) mass is 238 g/mol. The number of rotatable bonds is 2. The van der Waals surface area contributed by atoms with E-state index in [9.17, 15) is 4.79 Å². The summed E-state index contributed by atoms with van der Waals surface area (Å²) in [6, 6.07) is -0.310. The van der Waals surface area contributed by atoms with E-state index < -0.39 is 0 Å². The Kier molecular flexibility index (Phi) is 4.08. The number of carbonyl (C=O) groups excluding carboxylic acids is 1. The van der Waals surface area contributed by atoms with E-state index in [0.29, 0.717) is 0 Å². The second kappa shape index (κ2) is 5.38. The van der Waals surface area contributed by atoms with E-state index in [-0.39, 0.29) is 17.9 Å². The van der Waals surface area contributed by atoms with Crippen molar-refractivity contribution in [2.45, 2.75) is 52.0 Å². The average Bonchev–Trinajstić information content (AvgIpc) is 2.36. The van der Waals surface area contributed by atoms with Gasteiger partial charge in [0.25, 0.3) is 0 Å². The Hall–Kier alpha value is -0.570. The molecule has 2 aliphatic rings. The van der Waals surface area contributed by atoms with E-state index in [0.717, 1.165) is 24.9 Å². The lowest BCUT2D eigenvalue weighted by atomic mass is 9.75. The lowest BCUT2D eigenvalue weighted by molar-refractivity contribution is -0.136. The molecule has 0 aromatic carbocycles. The molecule has 0 radical (unpaired) electrons. The molecule has 3 heteroatoms. The zero-order valence-corrected chi connectivity index (χ0v) is 11.2. The quantitative estimate of drug-likeness (QED) is 0.800. The predicted octanol–water partition coefficient (Wildman–Crippen LogP) is 2.01. The van der Waals surface area contributed by atoms with Crippen LogP contribution in [-0.2, 0) is 4.79 Å². The van der Waals surface area contributed by atoms with Gasteiger partial charge in [-0.15, -0.1) is 0 Å². The summed E-state index contributed by atoms with van der Waals surface area (Å²) in [5.74, 6) is 2.04. The van der Waals surface area contributed by atoms with Crippen LogP contribution in [0.15, 0.2) is 0 Å². The zero-order chi connectivity index (χ0) is 12.4. The van der Waals surface area contributed by atoms with E-state index in [1.165, 1.54) is 32.1 Å². The standard InChI is InChI=1S/C14H26N2O/c1-10(2)13(15)14(17)16-8-7-11-5-3-4-6-12(11)9-16/h10-13H,3-9,15H2,1-2H3. The van der Waals surface area contributed by atoms with Gasteiger partial charge in [0.2, 0.25) is 5.91 Å². The van der Waals surface area contributed by atoms with Gasteiger partial charge in [0.1, 0.15) is 0 Å². The fraction of sp³-hybridized carbons (Fsp3) is 0.929. The Balaban J connectivity index is 1.93. The van der Waals surface area contributed by atoms with Gasteiger partial charge in [0.05, 0.1) is 6.04 Å². The number of nitrogens with zero attached hydrogens (tertiary/aromatic N) is 1. The van der Waals surface area contributed by atoms with E-state index >= 15 is 0 Å². The predicted molar refractivity (Wildman–Crippen MR) is 69.5 cm³/mol. The summed E-state index contributed by atoms with van der Waals surface area (Å²) in [4.78, 5) is 14.2. The maximum Gasteiger partial charge on any atom is 0.239 e. The molecule has 1 saturated carbocycles. The Morgan fingerprint density at radius 1 is 1.18 bits per heavy atom. The van der Waals surface area contributed by atoms with Crippen LogP contribution in [0.5, 0.6) is 0 Å². The van der Waals surface area contributed by atoms with Gasteiger partial charge in [0.15, 0.2) is 0 Å². The van der Waals surface area contributed by atoms with Crippen molar-refractivity contribution < 1.29 is 4.79 Å². The molecule has 1 saturated heterocycles. The highest BCUT2D eigenvalue weighted by Gasteiger charge is 2.34. The first-order valence-corrected chi connectivity index (χ1v) is 7.14. The van der Waals surface area contributed by atoms with Gasteiger partial charge in [-0.25, -0.2) is 0 Å². The number of carbonyl (C=O) groups is 1. The average molecular weight is 238 g/mol. The molecule has 1 heterocycles. The smallest absolute Gasteiger partial charge is 0.239 e. The van der Waals surface area contributed by atoms with Crippen LogP contribution >= 0.6 is 0 Å². The van der Waals surface area contributed by atoms with Crippen LogP contribution < -0.4 is 5.73 Å². The number of likely N-dealkylation sites (tertiary alicyclic amines) is 1. The molecule has 0 bridgehead atoms. The molecule has 0 aromatic heterocycles. The molecule has 2 rings (SSSR count). The maximum absolute atomic E-state index is 12.2. The summed E-state index contributed by atoms with van der Waals surface area (Å²) in [5.41, 5.74) is 5.97. The Bertz CT molecular complexity index is 277. The van der Waals surface area contributed by atoms with Crippen LogP contribution in [0, 0.1) is 17.8 Å². The van der Waals surface area contributed by atoms with Crippen molar-refractivity contribution in [3.8, 4) is 0 Å². The molecule has 3 atom stereocenters. The Morgan fingerprint density at radius 3 is 2.47 bits per heavy atom. The molecule has 1 aliphatic carbocycles. The van der Waals surface area contributed by atoms with Crippen molar-refractivity contribution in [1.82, 2.24) is 4.90 Å². The van der Waals surface area contributed by atoms with Crippen molar-refractivity contribution in [3.05, 3.63) is 0 Å². The summed E-state index contributed by atoms with van der Waals surface area (Å²) in [7, 11) is 0. The minimum absolute atomic E-state index is 0.170. The van der Waals surface area contributed by atoms with Crippen molar-refractivity contribution in [3.63, 3.8) is 0 Å². The van der Waals surface area contributed by atoms with Crippen molar-refractivity contribution in [2.24, 2.45) is 23.5 Å². The van der Waals surface area contributed by atoms with Gasteiger partial charge in [-0.3, -0.25) is 4.79 Å². The lowest BCUT2D eigenvalue weighted by Crippen LogP contribution is -2.52. The summed E-state index contributed by atoms with van der Waals surface area (Å²) in [6.07, 6.45) is 6.62. The van der Waals surface area contributed by atoms with Crippen molar-refractivity contribution >= 4 is 5.91 Å². The molecule has 1 amide bonds. The van der Waals surface area contributed by atoms with Gasteiger partial charge in [-0.1, -0.05) is 33.1 Å². The van der Waals surface area contributed by atoms with Crippen LogP contribution in [0.2, 0.25) is 0 Å². The number of piperidine rings is 1. The highest BCUT2D eigenvalue weighted by molar-refractivity contribution is 5.82.